The molecule has 1 nitrogen and oxygen atoms in total. The normalized spacial score (nSPS) is 12.2. The highest BCUT2D eigenvalue weighted by Gasteiger charge is 2.03. The Bertz CT molecular complexity index is 254. The van der Waals surface area contributed by atoms with Crippen molar-refractivity contribution < 1.29 is 0 Å². The molecule has 0 amide bonds. The third kappa shape index (κ3) is 3.33. The molecule has 1 rings (SSSR count). The van der Waals surface area contributed by atoms with Gasteiger partial charge in [-0.2, -0.15) is 0 Å². The van der Waals surface area contributed by atoms with Crippen LogP contribution in [-0.4, -0.2) is 11.8 Å². The molecule has 0 saturated heterocycles. The van der Waals surface area contributed by atoms with Crippen molar-refractivity contribution >= 4 is 6.21 Å². The standard InChI is InChI=1S/C11H15N/c1-11(2,3)12-9-10-7-5-4-6-8-10/h4-9H,1-3H3/b12-9+. The summed E-state index contributed by atoms with van der Waals surface area (Å²) in [4.78, 5) is 4.40. The molecule has 0 radical (unpaired) electrons. The van der Waals surface area contributed by atoms with Crippen molar-refractivity contribution in [2.24, 2.45) is 4.99 Å². The molecule has 0 fully saturated rings. The van der Waals surface area contributed by atoms with Crippen LogP contribution in [0.1, 0.15) is 26.3 Å². The second kappa shape index (κ2) is 3.53. The number of nitrogens with zero attached hydrogens (tertiary/aromatic N) is 1. The van der Waals surface area contributed by atoms with E-state index in [0.717, 1.165) is 5.56 Å². The van der Waals surface area contributed by atoms with Crippen molar-refractivity contribution in [3.05, 3.63) is 35.9 Å². The maximum atomic E-state index is 4.40. The number of hydrogen-bond acceptors (Lipinski definition) is 1. The van der Waals surface area contributed by atoms with Crippen molar-refractivity contribution in [2.45, 2.75) is 26.3 Å². The largest absolute Gasteiger partial charge is 0.287 e. The molecule has 0 unspecified atom stereocenters. The first-order valence-electron chi connectivity index (χ1n) is 4.18. The van der Waals surface area contributed by atoms with Crippen LogP contribution in [0.25, 0.3) is 0 Å². The fourth-order valence-corrected chi connectivity index (χ4v) is 0.807. The first kappa shape index (κ1) is 8.98. The maximum absolute atomic E-state index is 4.40. The van der Waals surface area contributed by atoms with E-state index in [0.29, 0.717) is 0 Å². The molecule has 0 saturated carbocycles. The Morgan fingerprint density at radius 2 is 1.67 bits per heavy atom. The predicted octanol–water partition coefficient (Wildman–Crippen LogP) is 2.90. The van der Waals surface area contributed by atoms with Crippen molar-refractivity contribution in [3.63, 3.8) is 0 Å². The van der Waals surface area contributed by atoms with Gasteiger partial charge in [0.25, 0.3) is 0 Å². The monoisotopic (exact) mass is 161 g/mol. The molecule has 0 atom stereocenters. The number of hydrogen-bond donors (Lipinski definition) is 0. The van der Waals surface area contributed by atoms with Crippen LogP contribution in [0, 0.1) is 0 Å². The third-order valence-electron chi connectivity index (χ3n) is 1.40. The molecule has 0 heterocycles. The molecule has 0 spiro atoms. The second-order valence-electron chi connectivity index (χ2n) is 3.84. The quantitative estimate of drug-likeness (QED) is 0.561. The summed E-state index contributed by atoms with van der Waals surface area (Å²) in [5.74, 6) is 0. The predicted molar refractivity (Wildman–Crippen MR) is 53.8 cm³/mol. The van der Waals surface area contributed by atoms with E-state index in [2.05, 4.69) is 37.9 Å². The lowest BCUT2D eigenvalue weighted by Crippen LogP contribution is -2.09. The molecule has 1 aromatic carbocycles. The molecule has 12 heavy (non-hydrogen) atoms. The highest BCUT2D eigenvalue weighted by Crippen LogP contribution is 2.06. The Morgan fingerprint density at radius 3 is 2.17 bits per heavy atom. The Balaban J connectivity index is 2.71. The van der Waals surface area contributed by atoms with E-state index in [1.807, 2.05) is 24.4 Å². The van der Waals surface area contributed by atoms with Gasteiger partial charge in [0.1, 0.15) is 0 Å². The van der Waals surface area contributed by atoms with Gasteiger partial charge < -0.3 is 0 Å². The average molecular weight is 161 g/mol. The minimum absolute atomic E-state index is 0.0237. The number of rotatable bonds is 1. The fourth-order valence-electron chi connectivity index (χ4n) is 0.807. The van der Waals surface area contributed by atoms with Crippen molar-refractivity contribution in [1.82, 2.24) is 0 Å². The topological polar surface area (TPSA) is 12.4 Å². The van der Waals surface area contributed by atoms with Crippen molar-refractivity contribution in [3.8, 4) is 0 Å². The van der Waals surface area contributed by atoms with Crippen LogP contribution in [0.5, 0.6) is 0 Å². The zero-order chi connectivity index (χ0) is 9.03. The summed E-state index contributed by atoms with van der Waals surface area (Å²) in [7, 11) is 0. The molecule has 64 valence electrons. The van der Waals surface area contributed by atoms with Gasteiger partial charge in [0.15, 0.2) is 0 Å². The Morgan fingerprint density at radius 1 is 1.08 bits per heavy atom. The SMILES string of the molecule is CC(C)(C)/N=C/c1ccccc1. The minimum Gasteiger partial charge on any atom is -0.287 e. The van der Waals surface area contributed by atoms with Gasteiger partial charge >= 0.3 is 0 Å². The number of benzene rings is 1. The summed E-state index contributed by atoms with van der Waals surface area (Å²) in [5, 5.41) is 0. The highest BCUT2D eigenvalue weighted by molar-refractivity contribution is 5.79. The molecular formula is C11H15N. The van der Waals surface area contributed by atoms with Gasteiger partial charge in [-0.25, -0.2) is 0 Å². The van der Waals surface area contributed by atoms with E-state index < -0.39 is 0 Å². The van der Waals surface area contributed by atoms with E-state index >= 15 is 0 Å². The summed E-state index contributed by atoms with van der Waals surface area (Å²) in [5.41, 5.74) is 1.18. The van der Waals surface area contributed by atoms with Gasteiger partial charge in [0.05, 0.1) is 5.54 Å². The van der Waals surface area contributed by atoms with Gasteiger partial charge in [-0.1, -0.05) is 30.3 Å². The van der Waals surface area contributed by atoms with Crippen molar-refractivity contribution in [1.29, 1.82) is 0 Å². The lowest BCUT2D eigenvalue weighted by atomic mass is 10.1. The molecule has 0 aliphatic heterocycles. The van der Waals surface area contributed by atoms with Crippen LogP contribution in [-0.2, 0) is 0 Å². The van der Waals surface area contributed by atoms with Gasteiger partial charge in [-0.05, 0) is 26.3 Å². The van der Waals surface area contributed by atoms with Crippen LogP contribution >= 0.6 is 0 Å². The third-order valence-corrected chi connectivity index (χ3v) is 1.40. The zero-order valence-corrected chi connectivity index (χ0v) is 7.91. The lowest BCUT2D eigenvalue weighted by Gasteiger charge is -2.10. The molecular weight excluding hydrogens is 146 g/mol. The average Bonchev–Trinajstić information content (AvgIpc) is 2.02. The summed E-state index contributed by atoms with van der Waals surface area (Å²) in [6.45, 7) is 6.27. The van der Waals surface area contributed by atoms with E-state index in [1.54, 1.807) is 0 Å². The van der Waals surface area contributed by atoms with Gasteiger partial charge in [-0.3, -0.25) is 4.99 Å². The highest BCUT2D eigenvalue weighted by atomic mass is 14.8. The molecule has 0 aromatic heterocycles. The first-order chi connectivity index (χ1) is 5.58. The zero-order valence-electron chi connectivity index (χ0n) is 7.91. The molecule has 0 aliphatic rings. The van der Waals surface area contributed by atoms with Crippen molar-refractivity contribution in [2.75, 3.05) is 0 Å². The molecule has 0 N–H and O–H groups in total. The van der Waals surface area contributed by atoms with E-state index in [9.17, 15) is 0 Å². The maximum Gasteiger partial charge on any atom is 0.0524 e. The second-order valence-corrected chi connectivity index (χ2v) is 3.84. The molecule has 0 bridgehead atoms. The summed E-state index contributed by atoms with van der Waals surface area (Å²) >= 11 is 0. The summed E-state index contributed by atoms with van der Waals surface area (Å²) in [6, 6.07) is 10.1. The Hall–Kier alpha value is -1.11. The Kier molecular flexibility index (Phi) is 2.64. The van der Waals surface area contributed by atoms with Crippen LogP contribution in [0.4, 0.5) is 0 Å². The van der Waals surface area contributed by atoms with Crippen LogP contribution < -0.4 is 0 Å². The van der Waals surface area contributed by atoms with Crippen LogP contribution in [0.15, 0.2) is 35.3 Å². The van der Waals surface area contributed by atoms with Gasteiger partial charge in [-0.15, -0.1) is 0 Å². The van der Waals surface area contributed by atoms with E-state index in [-0.39, 0.29) is 5.54 Å². The first-order valence-corrected chi connectivity index (χ1v) is 4.18. The van der Waals surface area contributed by atoms with Gasteiger partial charge in [0, 0.05) is 6.21 Å². The summed E-state index contributed by atoms with van der Waals surface area (Å²) < 4.78 is 0. The number of aliphatic imine (C=N–C) groups is 1. The van der Waals surface area contributed by atoms with Crippen LogP contribution in [0.2, 0.25) is 0 Å². The fraction of sp³-hybridized carbons (Fsp3) is 0.364. The lowest BCUT2D eigenvalue weighted by molar-refractivity contribution is 0.586. The molecule has 1 aromatic rings. The smallest absolute Gasteiger partial charge is 0.0524 e. The van der Waals surface area contributed by atoms with E-state index in [4.69, 9.17) is 0 Å². The Labute approximate surface area is 74.2 Å². The van der Waals surface area contributed by atoms with E-state index in [1.165, 1.54) is 0 Å². The summed E-state index contributed by atoms with van der Waals surface area (Å²) in [6.07, 6.45) is 1.92. The molecule has 1 heteroatoms. The minimum atomic E-state index is 0.0237. The molecule has 0 aliphatic carbocycles. The van der Waals surface area contributed by atoms with Gasteiger partial charge in [0.2, 0.25) is 0 Å². The van der Waals surface area contributed by atoms with Crippen LogP contribution in [0.3, 0.4) is 0 Å².